The standard InChI is InChI=1S/C42H63NO7/c1-6-8-10-12-14-16-18-20-22-24-26-28-30-32-40(44)49-37-38(36-48-35-34-39(42(46)47)43(3,4)5)50-41(45)33-31-29-27-25-23-21-19-17-15-13-11-9-7-2/h8-24,26,38-39H,6-7,25,27-37H2,1-5H3/b10-8+,11-9+,14-12+,15-13+,18-16+,19-17+,22-20+,23-21+,26-24+. The van der Waals surface area contributed by atoms with Crippen LogP contribution in [0.1, 0.15) is 84.5 Å². The van der Waals surface area contributed by atoms with Gasteiger partial charge < -0.3 is 28.6 Å². The van der Waals surface area contributed by atoms with Gasteiger partial charge in [0.15, 0.2) is 6.10 Å². The monoisotopic (exact) mass is 693 g/mol. The minimum Gasteiger partial charge on any atom is -0.544 e. The van der Waals surface area contributed by atoms with Crippen LogP contribution in [-0.4, -0.2) is 75.5 Å². The van der Waals surface area contributed by atoms with Crippen molar-refractivity contribution >= 4 is 17.9 Å². The van der Waals surface area contributed by atoms with E-state index < -0.39 is 18.1 Å². The minimum atomic E-state index is -1.15. The number of carboxylic acid groups (broad SMARTS) is 1. The summed E-state index contributed by atoms with van der Waals surface area (Å²) in [7, 11) is 5.34. The first-order valence-corrected chi connectivity index (χ1v) is 18.0. The number of ether oxygens (including phenoxy) is 3. The molecule has 0 saturated carbocycles. The molecule has 0 fully saturated rings. The zero-order chi connectivity index (χ0) is 37.1. The molecule has 2 unspecified atom stereocenters. The maximum Gasteiger partial charge on any atom is 0.306 e. The highest BCUT2D eigenvalue weighted by atomic mass is 16.6. The van der Waals surface area contributed by atoms with Gasteiger partial charge in [0.25, 0.3) is 0 Å². The van der Waals surface area contributed by atoms with Crippen LogP contribution in [0.5, 0.6) is 0 Å². The van der Waals surface area contributed by atoms with E-state index in [1.165, 1.54) is 0 Å². The van der Waals surface area contributed by atoms with Crippen molar-refractivity contribution in [2.75, 3.05) is 41.0 Å². The average Bonchev–Trinajstić information content (AvgIpc) is 3.06. The Bertz CT molecular complexity index is 1180. The number of unbranched alkanes of at least 4 members (excludes halogenated alkanes) is 4. The second kappa shape index (κ2) is 32.2. The number of hydrogen-bond donors (Lipinski definition) is 0. The van der Waals surface area contributed by atoms with Gasteiger partial charge in [-0.1, -0.05) is 130 Å². The van der Waals surface area contributed by atoms with Gasteiger partial charge in [-0.3, -0.25) is 9.59 Å². The molecule has 0 aromatic rings. The van der Waals surface area contributed by atoms with E-state index in [4.69, 9.17) is 14.2 Å². The highest BCUT2D eigenvalue weighted by Gasteiger charge is 2.25. The number of carbonyl (C=O) groups is 3. The Morgan fingerprint density at radius 1 is 0.600 bits per heavy atom. The number of carbonyl (C=O) groups excluding carboxylic acids is 3. The molecule has 0 N–H and O–H groups in total. The topological polar surface area (TPSA) is 102 Å². The van der Waals surface area contributed by atoms with E-state index in [0.717, 1.165) is 38.5 Å². The van der Waals surface area contributed by atoms with Crippen LogP contribution in [0.4, 0.5) is 0 Å². The fourth-order valence-corrected chi connectivity index (χ4v) is 4.34. The van der Waals surface area contributed by atoms with E-state index >= 15 is 0 Å². The molecular formula is C42H63NO7. The highest BCUT2D eigenvalue weighted by molar-refractivity contribution is 5.70. The second-order valence-corrected chi connectivity index (χ2v) is 12.6. The van der Waals surface area contributed by atoms with E-state index in [0.29, 0.717) is 12.8 Å². The maximum absolute atomic E-state index is 12.6. The maximum atomic E-state index is 12.6. The molecule has 0 saturated heterocycles. The summed E-state index contributed by atoms with van der Waals surface area (Å²) in [5, 5.41) is 11.6. The predicted octanol–water partition coefficient (Wildman–Crippen LogP) is 7.62. The number of likely N-dealkylation sites (N-methyl/N-ethyl adjacent to an activating group) is 1. The van der Waals surface area contributed by atoms with Crippen LogP contribution in [0.2, 0.25) is 0 Å². The van der Waals surface area contributed by atoms with Crippen molar-refractivity contribution in [1.82, 2.24) is 0 Å². The molecule has 278 valence electrons. The summed E-state index contributed by atoms with van der Waals surface area (Å²) in [6, 6.07) is -0.749. The smallest absolute Gasteiger partial charge is 0.306 e. The van der Waals surface area contributed by atoms with Crippen LogP contribution in [0, 0.1) is 0 Å². The largest absolute Gasteiger partial charge is 0.544 e. The molecule has 2 atom stereocenters. The van der Waals surface area contributed by atoms with Crippen LogP contribution in [-0.2, 0) is 28.6 Å². The molecule has 0 bridgehead atoms. The number of allylic oxidation sites excluding steroid dienone is 18. The molecule has 0 rings (SSSR count). The first-order valence-electron chi connectivity index (χ1n) is 18.0. The first kappa shape index (κ1) is 46.0. The Hall–Kier alpha value is -4.01. The Balaban J connectivity index is 4.69. The third kappa shape index (κ3) is 30.1. The summed E-state index contributed by atoms with van der Waals surface area (Å²) < 4.78 is 16.9. The lowest BCUT2D eigenvalue weighted by atomic mass is 10.1. The van der Waals surface area contributed by atoms with Crippen LogP contribution in [0.15, 0.2) is 109 Å². The third-order valence-corrected chi connectivity index (χ3v) is 7.13. The lowest BCUT2D eigenvalue weighted by Gasteiger charge is -2.34. The van der Waals surface area contributed by atoms with Crippen molar-refractivity contribution in [3.05, 3.63) is 109 Å². The van der Waals surface area contributed by atoms with Crippen LogP contribution in [0.25, 0.3) is 0 Å². The van der Waals surface area contributed by atoms with E-state index in [2.05, 4.69) is 32.1 Å². The van der Waals surface area contributed by atoms with Crippen molar-refractivity contribution in [2.24, 2.45) is 0 Å². The Labute approximate surface area is 302 Å². The van der Waals surface area contributed by atoms with Crippen molar-refractivity contribution < 1.29 is 38.2 Å². The molecule has 50 heavy (non-hydrogen) atoms. The number of aliphatic carboxylic acids is 1. The van der Waals surface area contributed by atoms with Crippen LogP contribution in [0.3, 0.4) is 0 Å². The van der Waals surface area contributed by atoms with E-state index in [1.807, 2.05) is 91.1 Å². The third-order valence-electron chi connectivity index (χ3n) is 7.13. The van der Waals surface area contributed by atoms with E-state index in [-0.39, 0.29) is 55.5 Å². The van der Waals surface area contributed by atoms with Crippen molar-refractivity contribution in [2.45, 2.75) is 96.6 Å². The van der Waals surface area contributed by atoms with Crippen molar-refractivity contribution in [1.29, 1.82) is 0 Å². The summed E-state index contributed by atoms with van der Waals surface area (Å²) >= 11 is 0. The van der Waals surface area contributed by atoms with Crippen molar-refractivity contribution in [3.63, 3.8) is 0 Å². The first-order chi connectivity index (χ1) is 24.1. The summed E-state index contributed by atoms with van der Waals surface area (Å²) in [6.45, 7) is 4.19. The molecule has 0 amide bonds. The second-order valence-electron chi connectivity index (χ2n) is 12.6. The molecule has 8 heteroatoms. The average molecular weight is 694 g/mol. The predicted molar refractivity (Wildman–Crippen MR) is 203 cm³/mol. The Kier molecular flexibility index (Phi) is 29.6. The fourth-order valence-electron chi connectivity index (χ4n) is 4.34. The fraction of sp³-hybridized carbons (Fsp3) is 0.500. The number of esters is 2. The van der Waals surface area contributed by atoms with Crippen molar-refractivity contribution in [3.8, 4) is 0 Å². The number of rotatable bonds is 29. The van der Waals surface area contributed by atoms with Gasteiger partial charge in [0.2, 0.25) is 0 Å². The van der Waals surface area contributed by atoms with Gasteiger partial charge in [0, 0.05) is 19.3 Å². The molecule has 0 radical (unpaired) electrons. The number of quaternary nitrogens is 1. The van der Waals surface area contributed by atoms with E-state index in [1.54, 1.807) is 21.1 Å². The Morgan fingerprint density at radius 2 is 1.08 bits per heavy atom. The molecule has 0 heterocycles. The normalized spacial score (nSPS) is 14.3. The summed E-state index contributed by atoms with van der Waals surface area (Å²) in [4.78, 5) is 36.6. The van der Waals surface area contributed by atoms with E-state index in [9.17, 15) is 19.5 Å². The van der Waals surface area contributed by atoms with Gasteiger partial charge in [-0.15, -0.1) is 0 Å². The lowest BCUT2D eigenvalue weighted by Crippen LogP contribution is -2.55. The molecule has 0 aromatic carbocycles. The molecule has 0 aliphatic rings. The van der Waals surface area contributed by atoms with Gasteiger partial charge in [0.05, 0.1) is 40.3 Å². The number of carboxylic acids is 1. The molecule has 0 aliphatic carbocycles. The van der Waals surface area contributed by atoms with Gasteiger partial charge in [-0.2, -0.15) is 0 Å². The summed E-state index contributed by atoms with van der Waals surface area (Å²) in [5.41, 5.74) is 0. The van der Waals surface area contributed by atoms with Gasteiger partial charge in [-0.05, 0) is 44.9 Å². The minimum absolute atomic E-state index is 0.00687. The number of nitrogens with zero attached hydrogens (tertiary/aromatic N) is 1. The molecule has 0 spiro atoms. The summed E-state index contributed by atoms with van der Waals surface area (Å²) in [5.74, 6) is -1.91. The lowest BCUT2D eigenvalue weighted by molar-refractivity contribution is -0.889. The van der Waals surface area contributed by atoms with Crippen LogP contribution < -0.4 is 5.11 Å². The van der Waals surface area contributed by atoms with Crippen LogP contribution >= 0.6 is 0 Å². The van der Waals surface area contributed by atoms with Gasteiger partial charge >= 0.3 is 11.9 Å². The summed E-state index contributed by atoms with van der Waals surface area (Å²) in [6.07, 6.45) is 42.7. The molecule has 0 aliphatic heterocycles. The molecular weight excluding hydrogens is 630 g/mol. The molecule has 8 nitrogen and oxygen atoms in total. The highest BCUT2D eigenvalue weighted by Crippen LogP contribution is 2.10. The zero-order valence-electron chi connectivity index (χ0n) is 31.3. The Morgan fingerprint density at radius 3 is 1.58 bits per heavy atom. The number of hydrogen-bond acceptors (Lipinski definition) is 7. The zero-order valence-corrected chi connectivity index (χ0v) is 31.3. The SMILES string of the molecule is CC/C=C/C=C/C=C/C=C/C=C/CCCC(=O)OCC(COCCC(C(=O)[O-])[N+](C)(C)C)OC(=O)CCCCC/C=C/C=C/C=C/C=C/CC. The van der Waals surface area contributed by atoms with Gasteiger partial charge in [0.1, 0.15) is 12.6 Å². The quantitative estimate of drug-likeness (QED) is 0.0344. The van der Waals surface area contributed by atoms with Gasteiger partial charge in [-0.25, -0.2) is 0 Å². The molecule has 0 aromatic heterocycles.